The summed E-state index contributed by atoms with van der Waals surface area (Å²) in [4.78, 5) is 11.7. The first kappa shape index (κ1) is 11.6. The molecule has 1 rings (SSSR count). The number of aromatic nitrogens is 2. The van der Waals surface area contributed by atoms with Gasteiger partial charge in [-0.25, -0.2) is 4.79 Å². The first-order chi connectivity index (χ1) is 7.11. The predicted molar refractivity (Wildman–Crippen MR) is 57.6 cm³/mol. The molecule has 0 aliphatic heterocycles. The summed E-state index contributed by atoms with van der Waals surface area (Å²) in [7, 11) is 0. The van der Waals surface area contributed by atoms with E-state index in [0.717, 1.165) is 6.42 Å². The lowest BCUT2D eigenvalue weighted by atomic mass is 10.3. The minimum absolute atomic E-state index is 0.364. The van der Waals surface area contributed by atoms with Crippen LogP contribution in [0.1, 0.15) is 36.5 Å². The molecule has 84 valence electrons. The van der Waals surface area contributed by atoms with E-state index in [9.17, 15) is 4.79 Å². The number of carbonyl (C=O) groups is 1. The molecule has 1 aromatic rings. The average molecular weight is 211 g/mol. The molecule has 1 heterocycles. The van der Waals surface area contributed by atoms with Crippen molar-refractivity contribution in [3.05, 3.63) is 11.4 Å². The summed E-state index contributed by atoms with van der Waals surface area (Å²) in [6, 6.07) is 0. The van der Waals surface area contributed by atoms with Gasteiger partial charge in [0, 0.05) is 6.54 Å². The molecular formula is C10H17N3O2. The second-order valence-electron chi connectivity index (χ2n) is 3.30. The average Bonchev–Trinajstić information content (AvgIpc) is 2.51. The van der Waals surface area contributed by atoms with Gasteiger partial charge in [0.05, 0.1) is 18.0 Å². The normalized spacial score (nSPS) is 10.3. The summed E-state index contributed by atoms with van der Waals surface area (Å²) in [5.41, 5.74) is 7.21. The van der Waals surface area contributed by atoms with Crippen molar-refractivity contribution in [3.63, 3.8) is 0 Å². The van der Waals surface area contributed by atoms with Crippen molar-refractivity contribution in [2.24, 2.45) is 0 Å². The van der Waals surface area contributed by atoms with Gasteiger partial charge in [0.1, 0.15) is 0 Å². The maximum atomic E-state index is 11.7. The third kappa shape index (κ3) is 2.29. The molecule has 0 radical (unpaired) electrons. The highest BCUT2D eigenvalue weighted by molar-refractivity contribution is 5.93. The molecule has 0 fully saturated rings. The number of carbonyl (C=O) groups excluding carboxylic acids is 1. The topological polar surface area (TPSA) is 70.1 Å². The highest BCUT2D eigenvalue weighted by Crippen LogP contribution is 2.17. The summed E-state index contributed by atoms with van der Waals surface area (Å²) in [6.07, 6.45) is 0.797. The second-order valence-corrected chi connectivity index (χ2v) is 3.30. The van der Waals surface area contributed by atoms with Crippen LogP contribution in [0.5, 0.6) is 0 Å². The minimum Gasteiger partial charge on any atom is -0.461 e. The van der Waals surface area contributed by atoms with Crippen LogP contribution >= 0.6 is 0 Å². The molecule has 0 aliphatic carbocycles. The molecule has 0 saturated heterocycles. The lowest BCUT2D eigenvalue weighted by molar-refractivity contribution is 0.0492. The third-order valence-corrected chi connectivity index (χ3v) is 2.10. The minimum atomic E-state index is -0.392. The molecule has 0 saturated carbocycles. The Bertz CT molecular complexity index is 358. The Morgan fingerprint density at radius 2 is 2.20 bits per heavy atom. The number of rotatable bonds is 4. The number of ether oxygens (including phenoxy) is 1. The first-order valence-electron chi connectivity index (χ1n) is 5.11. The molecule has 0 unspecified atom stereocenters. The van der Waals surface area contributed by atoms with Gasteiger partial charge < -0.3 is 10.5 Å². The van der Waals surface area contributed by atoms with E-state index in [1.54, 1.807) is 11.6 Å². The van der Waals surface area contributed by atoms with Crippen molar-refractivity contribution >= 4 is 11.7 Å². The Kier molecular flexibility index (Phi) is 3.71. The zero-order valence-electron chi connectivity index (χ0n) is 9.41. The molecule has 0 aromatic carbocycles. The molecule has 5 heteroatoms. The van der Waals surface area contributed by atoms with Crippen molar-refractivity contribution < 1.29 is 9.53 Å². The van der Waals surface area contributed by atoms with Crippen LogP contribution in [0.15, 0.2) is 0 Å². The molecular weight excluding hydrogens is 194 g/mol. The van der Waals surface area contributed by atoms with E-state index in [1.165, 1.54) is 0 Å². The maximum Gasteiger partial charge on any atom is 0.358 e. The van der Waals surface area contributed by atoms with Gasteiger partial charge in [0.25, 0.3) is 0 Å². The van der Waals surface area contributed by atoms with E-state index in [1.807, 2.05) is 13.8 Å². The van der Waals surface area contributed by atoms with Crippen LogP contribution in [-0.4, -0.2) is 22.4 Å². The van der Waals surface area contributed by atoms with Gasteiger partial charge >= 0.3 is 5.97 Å². The van der Waals surface area contributed by atoms with Gasteiger partial charge in [-0.15, -0.1) is 0 Å². The van der Waals surface area contributed by atoms with Crippen LogP contribution in [0.3, 0.4) is 0 Å². The van der Waals surface area contributed by atoms with E-state index in [2.05, 4.69) is 5.10 Å². The number of nitrogens with two attached hydrogens (primary N) is 1. The quantitative estimate of drug-likeness (QED) is 0.763. The number of hydrogen-bond acceptors (Lipinski definition) is 4. The predicted octanol–water partition coefficient (Wildman–Crippen LogP) is 1.36. The zero-order valence-corrected chi connectivity index (χ0v) is 9.41. The zero-order chi connectivity index (χ0) is 11.4. The Hall–Kier alpha value is -1.52. The van der Waals surface area contributed by atoms with E-state index >= 15 is 0 Å². The fourth-order valence-electron chi connectivity index (χ4n) is 1.30. The fraction of sp³-hybridized carbons (Fsp3) is 0.600. The van der Waals surface area contributed by atoms with Gasteiger partial charge in [0.15, 0.2) is 5.69 Å². The van der Waals surface area contributed by atoms with Crippen molar-refractivity contribution in [1.29, 1.82) is 0 Å². The summed E-state index contributed by atoms with van der Waals surface area (Å²) < 4.78 is 6.61. The maximum absolute atomic E-state index is 11.7. The standard InChI is InChI=1S/C10H17N3O2/c1-4-6-15-10(14)9-8(11)7(3)12-13(9)5-2/h4-6,11H2,1-3H3. The molecule has 1 aromatic heterocycles. The second kappa shape index (κ2) is 4.82. The largest absolute Gasteiger partial charge is 0.461 e. The van der Waals surface area contributed by atoms with Gasteiger partial charge in [-0.05, 0) is 20.3 Å². The van der Waals surface area contributed by atoms with Gasteiger partial charge in [-0.2, -0.15) is 5.10 Å². The summed E-state index contributed by atoms with van der Waals surface area (Å²) >= 11 is 0. The molecule has 0 atom stereocenters. The number of anilines is 1. The number of nitrogen functional groups attached to an aromatic ring is 1. The summed E-state index contributed by atoms with van der Waals surface area (Å²) in [5.74, 6) is -0.392. The van der Waals surface area contributed by atoms with Crippen LogP contribution in [0.2, 0.25) is 0 Å². The van der Waals surface area contributed by atoms with Crippen LogP contribution in [-0.2, 0) is 11.3 Å². The molecule has 5 nitrogen and oxygen atoms in total. The van der Waals surface area contributed by atoms with Crippen molar-refractivity contribution in [2.75, 3.05) is 12.3 Å². The van der Waals surface area contributed by atoms with E-state index < -0.39 is 5.97 Å². The van der Waals surface area contributed by atoms with Crippen LogP contribution in [0.4, 0.5) is 5.69 Å². The molecule has 2 N–H and O–H groups in total. The summed E-state index contributed by atoms with van der Waals surface area (Å²) in [6.45, 7) is 6.64. The van der Waals surface area contributed by atoms with Crippen molar-refractivity contribution in [2.45, 2.75) is 33.7 Å². The van der Waals surface area contributed by atoms with Gasteiger partial charge in [0.2, 0.25) is 0 Å². The Morgan fingerprint density at radius 1 is 1.53 bits per heavy atom. The highest BCUT2D eigenvalue weighted by atomic mass is 16.5. The smallest absolute Gasteiger partial charge is 0.358 e. The van der Waals surface area contributed by atoms with Gasteiger partial charge in [-0.1, -0.05) is 6.92 Å². The number of hydrogen-bond donors (Lipinski definition) is 1. The third-order valence-electron chi connectivity index (χ3n) is 2.10. The first-order valence-corrected chi connectivity index (χ1v) is 5.11. The highest BCUT2D eigenvalue weighted by Gasteiger charge is 2.19. The lowest BCUT2D eigenvalue weighted by Gasteiger charge is -2.05. The van der Waals surface area contributed by atoms with Crippen LogP contribution < -0.4 is 5.73 Å². The molecule has 0 bridgehead atoms. The Balaban J connectivity index is 2.96. The van der Waals surface area contributed by atoms with E-state index in [0.29, 0.717) is 30.2 Å². The van der Waals surface area contributed by atoms with Crippen LogP contribution in [0.25, 0.3) is 0 Å². The van der Waals surface area contributed by atoms with Crippen LogP contribution in [0, 0.1) is 6.92 Å². The number of aryl methyl sites for hydroxylation is 2. The van der Waals surface area contributed by atoms with Crippen molar-refractivity contribution in [3.8, 4) is 0 Å². The summed E-state index contributed by atoms with van der Waals surface area (Å²) in [5, 5.41) is 4.15. The Labute approximate surface area is 89.2 Å². The number of nitrogens with zero attached hydrogens (tertiary/aromatic N) is 2. The number of esters is 1. The van der Waals surface area contributed by atoms with Gasteiger partial charge in [-0.3, -0.25) is 4.68 Å². The Morgan fingerprint density at radius 3 is 2.73 bits per heavy atom. The SMILES string of the molecule is CCCOC(=O)c1c(N)c(C)nn1CC. The fourth-order valence-corrected chi connectivity index (χ4v) is 1.30. The monoisotopic (exact) mass is 211 g/mol. The molecule has 0 amide bonds. The molecule has 15 heavy (non-hydrogen) atoms. The van der Waals surface area contributed by atoms with E-state index in [4.69, 9.17) is 10.5 Å². The molecule has 0 spiro atoms. The molecule has 0 aliphatic rings. The van der Waals surface area contributed by atoms with E-state index in [-0.39, 0.29) is 0 Å². The lowest BCUT2D eigenvalue weighted by Crippen LogP contribution is -2.14. The van der Waals surface area contributed by atoms with Crippen molar-refractivity contribution in [1.82, 2.24) is 9.78 Å².